The molecule has 0 atom stereocenters. The van der Waals surface area contributed by atoms with Crippen molar-refractivity contribution in [1.82, 2.24) is 24.8 Å². The average Bonchev–Trinajstić information content (AvgIpc) is 3.16. The van der Waals surface area contributed by atoms with Crippen LogP contribution in [0.4, 0.5) is 5.95 Å². The minimum absolute atomic E-state index is 0.0153. The van der Waals surface area contributed by atoms with Gasteiger partial charge >= 0.3 is 0 Å². The molecule has 0 aliphatic carbocycles. The highest BCUT2D eigenvalue weighted by atomic mass is 35.5. The molecule has 3 aromatic rings. The SMILES string of the molecule is CCOCC(=O)N1CCN(c2ncc(Cl)c(-c3nc4ccccc4[nH]3)n2)CC1. The van der Waals surface area contributed by atoms with E-state index in [1.54, 1.807) is 6.20 Å². The first-order chi connectivity index (χ1) is 13.7. The van der Waals surface area contributed by atoms with Crippen LogP contribution in [0, 0.1) is 0 Å². The van der Waals surface area contributed by atoms with Crippen LogP contribution in [0.15, 0.2) is 30.5 Å². The van der Waals surface area contributed by atoms with Crippen molar-refractivity contribution in [2.24, 2.45) is 0 Å². The molecule has 1 fully saturated rings. The Balaban J connectivity index is 1.51. The Bertz CT molecular complexity index is 950. The number of fused-ring (bicyclic) bond motifs is 1. The van der Waals surface area contributed by atoms with Gasteiger partial charge in [0, 0.05) is 32.8 Å². The Kier molecular flexibility index (Phi) is 5.40. The van der Waals surface area contributed by atoms with Crippen LogP contribution in [0.3, 0.4) is 0 Å². The summed E-state index contributed by atoms with van der Waals surface area (Å²) in [5.74, 6) is 1.21. The molecule has 2 aromatic heterocycles. The van der Waals surface area contributed by atoms with Crippen LogP contribution in [-0.2, 0) is 9.53 Å². The maximum absolute atomic E-state index is 12.1. The number of carbonyl (C=O) groups is 1. The van der Waals surface area contributed by atoms with Crippen molar-refractivity contribution < 1.29 is 9.53 Å². The third-order valence-electron chi connectivity index (χ3n) is 4.69. The van der Waals surface area contributed by atoms with Crippen LogP contribution in [0.5, 0.6) is 0 Å². The lowest BCUT2D eigenvalue weighted by Crippen LogP contribution is -2.50. The number of hydrogen-bond acceptors (Lipinski definition) is 6. The molecule has 1 aliphatic heterocycles. The summed E-state index contributed by atoms with van der Waals surface area (Å²) in [6, 6.07) is 7.78. The fraction of sp³-hybridized carbons (Fsp3) is 0.368. The van der Waals surface area contributed by atoms with Gasteiger partial charge in [0.2, 0.25) is 11.9 Å². The number of ether oxygens (including phenoxy) is 1. The van der Waals surface area contributed by atoms with Gasteiger partial charge in [0.05, 0.1) is 22.3 Å². The topological polar surface area (TPSA) is 87.2 Å². The summed E-state index contributed by atoms with van der Waals surface area (Å²) in [5.41, 5.74) is 2.35. The van der Waals surface area contributed by atoms with Crippen LogP contribution in [0.2, 0.25) is 5.02 Å². The lowest BCUT2D eigenvalue weighted by Gasteiger charge is -2.34. The van der Waals surface area contributed by atoms with Gasteiger partial charge in [-0.2, -0.15) is 0 Å². The Morgan fingerprint density at radius 3 is 2.75 bits per heavy atom. The monoisotopic (exact) mass is 400 g/mol. The number of nitrogens with one attached hydrogen (secondary N) is 1. The second-order valence-electron chi connectivity index (χ2n) is 6.47. The fourth-order valence-corrected chi connectivity index (χ4v) is 3.36. The summed E-state index contributed by atoms with van der Waals surface area (Å²) in [5, 5.41) is 0.438. The van der Waals surface area contributed by atoms with E-state index in [0.717, 1.165) is 11.0 Å². The maximum atomic E-state index is 12.1. The van der Waals surface area contributed by atoms with E-state index >= 15 is 0 Å². The molecule has 4 rings (SSSR count). The molecule has 1 aliphatic rings. The van der Waals surface area contributed by atoms with Gasteiger partial charge in [-0.1, -0.05) is 23.7 Å². The number of rotatable bonds is 5. The standard InChI is InChI=1S/C19H21ClN6O2/c1-2-28-12-16(27)25-7-9-26(10-8-25)19-21-11-13(20)17(24-19)18-22-14-5-3-4-6-15(14)23-18/h3-6,11H,2,7-10,12H2,1H3,(H,22,23). The first kappa shape index (κ1) is 18.6. The minimum atomic E-state index is 0.0153. The largest absolute Gasteiger partial charge is 0.372 e. The van der Waals surface area contributed by atoms with Crippen molar-refractivity contribution in [3.63, 3.8) is 0 Å². The van der Waals surface area contributed by atoms with Crippen molar-refractivity contribution in [3.8, 4) is 11.5 Å². The normalized spacial score (nSPS) is 14.6. The Morgan fingerprint density at radius 1 is 1.21 bits per heavy atom. The average molecular weight is 401 g/mol. The number of aromatic nitrogens is 4. The number of halogens is 1. The molecule has 146 valence electrons. The van der Waals surface area contributed by atoms with Gasteiger partial charge in [-0.05, 0) is 19.1 Å². The highest BCUT2D eigenvalue weighted by molar-refractivity contribution is 6.32. The summed E-state index contributed by atoms with van der Waals surface area (Å²) >= 11 is 6.34. The molecule has 9 heteroatoms. The number of amides is 1. The third kappa shape index (κ3) is 3.79. The Hall–Kier alpha value is -2.71. The van der Waals surface area contributed by atoms with Gasteiger partial charge in [-0.3, -0.25) is 4.79 Å². The molecule has 0 spiro atoms. The second-order valence-corrected chi connectivity index (χ2v) is 6.88. The highest BCUT2D eigenvalue weighted by Gasteiger charge is 2.23. The molecule has 1 amide bonds. The van der Waals surface area contributed by atoms with Crippen molar-refractivity contribution in [2.45, 2.75) is 6.92 Å². The number of H-pyrrole nitrogens is 1. The van der Waals surface area contributed by atoms with Crippen LogP contribution in [-0.4, -0.2) is 70.1 Å². The van der Waals surface area contributed by atoms with Gasteiger partial charge in [-0.25, -0.2) is 15.0 Å². The molecule has 28 heavy (non-hydrogen) atoms. The molecule has 0 bridgehead atoms. The zero-order valence-electron chi connectivity index (χ0n) is 15.6. The van der Waals surface area contributed by atoms with E-state index in [2.05, 4.69) is 19.9 Å². The van der Waals surface area contributed by atoms with E-state index in [9.17, 15) is 4.79 Å². The second kappa shape index (κ2) is 8.12. The fourth-order valence-electron chi connectivity index (χ4n) is 3.18. The Morgan fingerprint density at radius 2 is 2.00 bits per heavy atom. The molecule has 3 heterocycles. The predicted octanol–water partition coefficient (Wildman–Crippen LogP) is 2.36. The highest BCUT2D eigenvalue weighted by Crippen LogP contribution is 2.27. The first-order valence-corrected chi connectivity index (χ1v) is 9.61. The molecular weight excluding hydrogens is 380 g/mol. The third-order valence-corrected chi connectivity index (χ3v) is 4.97. The van der Waals surface area contributed by atoms with Gasteiger partial charge < -0.3 is 19.5 Å². The molecule has 0 saturated carbocycles. The molecule has 8 nitrogen and oxygen atoms in total. The molecule has 0 unspecified atom stereocenters. The summed E-state index contributed by atoms with van der Waals surface area (Å²) in [4.78, 5) is 32.8. The molecular formula is C19H21ClN6O2. The van der Waals surface area contributed by atoms with Crippen LogP contribution in [0.25, 0.3) is 22.6 Å². The lowest BCUT2D eigenvalue weighted by molar-refractivity contribution is -0.136. The number of piperazine rings is 1. The molecule has 1 saturated heterocycles. The number of benzene rings is 1. The molecule has 1 N–H and O–H groups in total. The zero-order valence-corrected chi connectivity index (χ0v) is 16.3. The first-order valence-electron chi connectivity index (χ1n) is 9.24. The van der Waals surface area contributed by atoms with E-state index in [0.29, 0.717) is 55.3 Å². The quantitative estimate of drug-likeness (QED) is 0.707. The summed E-state index contributed by atoms with van der Waals surface area (Å²) in [6.07, 6.45) is 1.60. The number of hydrogen-bond donors (Lipinski definition) is 1. The number of nitrogens with zero attached hydrogens (tertiary/aromatic N) is 5. The number of anilines is 1. The Labute approximate surface area is 167 Å². The summed E-state index contributed by atoms with van der Waals surface area (Å²) in [6.45, 7) is 5.07. The van der Waals surface area contributed by atoms with E-state index in [1.807, 2.05) is 41.0 Å². The van der Waals surface area contributed by atoms with Crippen molar-refractivity contribution >= 4 is 34.5 Å². The van der Waals surface area contributed by atoms with Gasteiger partial charge in [0.15, 0.2) is 5.82 Å². The van der Waals surface area contributed by atoms with Crippen LogP contribution in [0.1, 0.15) is 6.92 Å². The smallest absolute Gasteiger partial charge is 0.248 e. The summed E-state index contributed by atoms with van der Waals surface area (Å²) < 4.78 is 5.21. The van der Waals surface area contributed by atoms with Gasteiger partial charge in [0.25, 0.3) is 0 Å². The minimum Gasteiger partial charge on any atom is -0.372 e. The van der Waals surface area contributed by atoms with E-state index in [4.69, 9.17) is 16.3 Å². The number of para-hydroxylation sites is 2. The van der Waals surface area contributed by atoms with E-state index in [1.165, 1.54) is 0 Å². The molecule has 1 aromatic carbocycles. The lowest BCUT2D eigenvalue weighted by atomic mass is 10.3. The number of carbonyl (C=O) groups excluding carboxylic acids is 1. The number of aromatic amines is 1. The van der Waals surface area contributed by atoms with Gasteiger partial charge in [0.1, 0.15) is 12.3 Å². The van der Waals surface area contributed by atoms with Crippen molar-refractivity contribution in [3.05, 3.63) is 35.5 Å². The molecule has 0 radical (unpaired) electrons. The predicted molar refractivity (Wildman–Crippen MR) is 107 cm³/mol. The van der Waals surface area contributed by atoms with Crippen LogP contribution < -0.4 is 4.90 Å². The van der Waals surface area contributed by atoms with Crippen molar-refractivity contribution in [2.75, 3.05) is 44.3 Å². The van der Waals surface area contributed by atoms with Gasteiger partial charge in [-0.15, -0.1) is 0 Å². The van der Waals surface area contributed by atoms with Crippen molar-refractivity contribution in [1.29, 1.82) is 0 Å². The zero-order chi connectivity index (χ0) is 19.5. The van der Waals surface area contributed by atoms with E-state index in [-0.39, 0.29) is 12.5 Å². The number of imidazole rings is 1. The van der Waals surface area contributed by atoms with Crippen LogP contribution >= 0.6 is 11.6 Å². The summed E-state index contributed by atoms with van der Waals surface area (Å²) in [7, 11) is 0. The maximum Gasteiger partial charge on any atom is 0.248 e. The van der Waals surface area contributed by atoms with E-state index < -0.39 is 0 Å².